The number of rotatable bonds is 6. The summed E-state index contributed by atoms with van der Waals surface area (Å²) in [4.78, 5) is 34.2. The summed E-state index contributed by atoms with van der Waals surface area (Å²) < 4.78 is 48.7. The molecule has 0 heterocycles. The van der Waals surface area contributed by atoms with Crippen LogP contribution in [0.2, 0.25) is 5.02 Å². The highest BCUT2D eigenvalue weighted by Crippen LogP contribution is 2.38. The molecule has 0 saturated heterocycles. The number of nitro benzene ring substituents is 1. The van der Waals surface area contributed by atoms with Crippen LogP contribution in [0.25, 0.3) is 0 Å². The number of hydrogen-bond donors (Lipinski definition) is 1. The van der Waals surface area contributed by atoms with Crippen molar-refractivity contribution in [1.82, 2.24) is 0 Å². The van der Waals surface area contributed by atoms with Crippen LogP contribution < -0.4 is 10.1 Å². The minimum absolute atomic E-state index is 0.0496. The zero-order valence-electron chi connectivity index (χ0n) is 14.6. The number of non-ortho nitro benzene ring substituents is 1. The summed E-state index contributed by atoms with van der Waals surface area (Å²) >= 11 is 5.72. The largest absolute Gasteiger partial charge is 0.496 e. The quantitative estimate of drug-likeness (QED) is 0.419. The number of benzene rings is 2. The molecule has 0 aromatic heterocycles. The number of carbonyl (C=O) groups excluding carboxylic acids is 2. The molecule has 0 aliphatic rings. The summed E-state index contributed by atoms with van der Waals surface area (Å²) in [6.45, 7) is -0.965. The molecule has 2 aromatic carbocycles. The molecule has 0 radical (unpaired) electrons. The van der Waals surface area contributed by atoms with Crippen molar-refractivity contribution >= 4 is 34.9 Å². The Kier molecular flexibility index (Phi) is 6.64. The van der Waals surface area contributed by atoms with E-state index in [1.165, 1.54) is 7.11 Å². The summed E-state index contributed by atoms with van der Waals surface area (Å²) in [5, 5.41) is 12.4. The monoisotopic (exact) mass is 432 g/mol. The van der Waals surface area contributed by atoms with Gasteiger partial charge in [0, 0.05) is 12.1 Å². The molecule has 8 nitrogen and oxygen atoms in total. The van der Waals surface area contributed by atoms with Crippen LogP contribution in [0, 0.1) is 10.1 Å². The van der Waals surface area contributed by atoms with E-state index in [1.807, 2.05) is 5.32 Å². The highest BCUT2D eigenvalue weighted by Gasteiger charge is 2.35. The van der Waals surface area contributed by atoms with Crippen LogP contribution in [0.5, 0.6) is 5.75 Å². The number of para-hydroxylation sites is 1. The molecule has 29 heavy (non-hydrogen) atoms. The van der Waals surface area contributed by atoms with Crippen LogP contribution in [0.4, 0.5) is 24.5 Å². The standard InChI is InChI=1S/C17H12ClF3N2O6/c1-28-13-6-5-9(23(26)27)7-10(13)16(25)29-8-14(24)22-15-11(17(19,20)21)3-2-4-12(15)18/h2-7H,8H2,1H3,(H,22,24). The van der Waals surface area contributed by atoms with Gasteiger partial charge in [-0.2, -0.15) is 13.2 Å². The fourth-order valence-corrected chi connectivity index (χ4v) is 2.46. The van der Waals surface area contributed by atoms with Crippen molar-refractivity contribution in [3.63, 3.8) is 0 Å². The lowest BCUT2D eigenvalue weighted by atomic mass is 10.1. The van der Waals surface area contributed by atoms with Gasteiger partial charge in [0.1, 0.15) is 11.3 Å². The van der Waals surface area contributed by atoms with Crippen molar-refractivity contribution < 1.29 is 37.2 Å². The summed E-state index contributed by atoms with van der Waals surface area (Å²) in [5.41, 5.74) is -2.61. The molecule has 1 amide bonds. The van der Waals surface area contributed by atoms with Crippen LogP contribution in [0.15, 0.2) is 36.4 Å². The number of methoxy groups -OCH3 is 1. The van der Waals surface area contributed by atoms with E-state index in [-0.39, 0.29) is 16.3 Å². The Balaban J connectivity index is 2.14. The number of hydrogen-bond acceptors (Lipinski definition) is 6. The van der Waals surface area contributed by atoms with Crippen LogP contribution >= 0.6 is 11.6 Å². The number of anilines is 1. The fraction of sp³-hybridized carbons (Fsp3) is 0.176. The molecule has 2 rings (SSSR count). The highest BCUT2D eigenvalue weighted by molar-refractivity contribution is 6.34. The van der Waals surface area contributed by atoms with Crippen molar-refractivity contribution in [3.05, 3.63) is 62.7 Å². The molecule has 2 aromatic rings. The number of amides is 1. The average Bonchev–Trinajstić information content (AvgIpc) is 2.66. The topological polar surface area (TPSA) is 108 Å². The third-order valence-electron chi connectivity index (χ3n) is 3.53. The van der Waals surface area contributed by atoms with Crippen LogP contribution in [-0.4, -0.2) is 30.5 Å². The zero-order valence-corrected chi connectivity index (χ0v) is 15.3. The summed E-state index contributed by atoms with van der Waals surface area (Å²) in [7, 11) is 1.21. The third kappa shape index (κ3) is 5.35. The Morgan fingerprint density at radius 2 is 1.93 bits per heavy atom. The number of nitrogens with zero attached hydrogens (tertiary/aromatic N) is 1. The lowest BCUT2D eigenvalue weighted by molar-refractivity contribution is -0.384. The van der Waals surface area contributed by atoms with Gasteiger partial charge in [-0.1, -0.05) is 17.7 Å². The third-order valence-corrected chi connectivity index (χ3v) is 3.85. The van der Waals surface area contributed by atoms with Gasteiger partial charge in [0.15, 0.2) is 6.61 Å². The van der Waals surface area contributed by atoms with Gasteiger partial charge in [0.05, 0.1) is 28.3 Å². The van der Waals surface area contributed by atoms with Crippen molar-refractivity contribution in [2.75, 3.05) is 19.0 Å². The fourth-order valence-electron chi connectivity index (χ4n) is 2.24. The molecule has 12 heteroatoms. The first-order chi connectivity index (χ1) is 13.5. The SMILES string of the molecule is COc1ccc([N+](=O)[O-])cc1C(=O)OCC(=O)Nc1c(Cl)cccc1C(F)(F)F. The highest BCUT2D eigenvalue weighted by atomic mass is 35.5. The Morgan fingerprint density at radius 1 is 1.24 bits per heavy atom. The zero-order chi connectivity index (χ0) is 21.8. The molecular weight excluding hydrogens is 421 g/mol. The maximum absolute atomic E-state index is 13.0. The molecule has 0 saturated carbocycles. The predicted octanol–water partition coefficient (Wildman–Crippen LogP) is 4.07. The lowest BCUT2D eigenvalue weighted by Crippen LogP contribution is -2.23. The van der Waals surface area contributed by atoms with Gasteiger partial charge in [0.2, 0.25) is 0 Å². The normalized spacial score (nSPS) is 10.9. The first kappa shape index (κ1) is 22.0. The van der Waals surface area contributed by atoms with Gasteiger partial charge in [-0.15, -0.1) is 0 Å². The number of esters is 1. The Hall–Kier alpha value is -3.34. The molecular formula is C17H12ClF3N2O6. The van der Waals surface area contributed by atoms with Crippen LogP contribution in [0.3, 0.4) is 0 Å². The molecule has 0 aliphatic heterocycles. The Bertz CT molecular complexity index is 965. The molecule has 0 spiro atoms. The maximum Gasteiger partial charge on any atom is 0.418 e. The van der Waals surface area contributed by atoms with E-state index in [9.17, 15) is 32.9 Å². The first-order valence-corrected chi connectivity index (χ1v) is 8.07. The van der Waals surface area contributed by atoms with Crippen molar-refractivity contribution in [2.45, 2.75) is 6.18 Å². The van der Waals surface area contributed by atoms with E-state index in [4.69, 9.17) is 21.1 Å². The lowest BCUT2D eigenvalue weighted by Gasteiger charge is -2.15. The second-order valence-electron chi connectivity index (χ2n) is 5.43. The second-order valence-corrected chi connectivity index (χ2v) is 5.83. The molecule has 154 valence electrons. The van der Waals surface area contributed by atoms with Crippen molar-refractivity contribution in [1.29, 1.82) is 0 Å². The number of nitro groups is 1. The number of ether oxygens (including phenoxy) is 2. The van der Waals surface area contributed by atoms with Crippen LogP contribution in [0.1, 0.15) is 15.9 Å². The maximum atomic E-state index is 13.0. The van der Waals surface area contributed by atoms with Crippen molar-refractivity contribution in [2.24, 2.45) is 0 Å². The number of alkyl halides is 3. The molecule has 0 atom stereocenters. The molecule has 0 unspecified atom stereocenters. The van der Waals surface area contributed by atoms with Gasteiger partial charge in [-0.05, 0) is 18.2 Å². The minimum Gasteiger partial charge on any atom is -0.496 e. The molecule has 0 fully saturated rings. The first-order valence-electron chi connectivity index (χ1n) is 7.69. The predicted molar refractivity (Wildman–Crippen MR) is 95.0 cm³/mol. The Labute approximate surface area is 166 Å². The van der Waals surface area contributed by atoms with Crippen molar-refractivity contribution in [3.8, 4) is 5.75 Å². The Morgan fingerprint density at radius 3 is 2.52 bits per heavy atom. The smallest absolute Gasteiger partial charge is 0.418 e. The van der Waals surface area contributed by atoms with Gasteiger partial charge < -0.3 is 14.8 Å². The summed E-state index contributed by atoms with van der Waals surface area (Å²) in [6, 6.07) is 6.07. The van der Waals surface area contributed by atoms with Crippen LogP contribution in [-0.2, 0) is 15.7 Å². The van der Waals surface area contributed by atoms with E-state index >= 15 is 0 Å². The molecule has 0 bridgehead atoms. The number of halogens is 4. The molecule has 0 aliphatic carbocycles. The van der Waals surface area contributed by atoms with E-state index in [0.717, 1.165) is 36.4 Å². The minimum atomic E-state index is -4.78. The number of carbonyl (C=O) groups is 2. The van der Waals surface area contributed by atoms with Gasteiger partial charge in [-0.25, -0.2) is 4.79 Å². The summed E-state index contributed by atoms with van der Waals surface area (Å²) in [6.07, 6.45) is -4.78. The van der Waals surface area contributed by atoms with E-state index in [0.29, 0.717) is 0 Å². The van der Waals surface area contributed by atoms with Gasteiger partial charge >= 0.3 is 12.1 Å². The average molecular weight is 433 g/mol. The summed E-state index contributed by atoms with van der Waals surface area (Å²) in [5.74, 6) is -2.29. The second kappa shape index (κ2) is 8.78. The van der Waals surface area contributed by atoms with E-state index in [1.54, 1.807) is 0 Å². The van der Waals surface area contributed by atoms with Gasteiger partial charge in [-0.3, -0.25) is 14.9 Å². The number of nitrogens with one attached hydrogen (secondary N) is 1. The van der Waals surface area contributed by atoms with E-state index in [2.05, 4.69) is 0 Å². The van der Waals surface area contributed by atoms with Gasteiger partial charge in [0.25, 0.3) is 11.6 Å². The molecule has 1 N–H and O–H groups in total. The van der Waals surface area contributed by atoms with E-state index < -0.39 is 46.5 Å².